The zero-order chi connectivity index (χ0) is 15.1. The van der Waals surface area contributed by atoms with E-state index in [0.29, 0.717) is 19.6 Å². The van der Waals surface area contributed by atoms with Crippen LogP contribution in [0, 0.1) is 6.92 Å². The van der Waals surface area contributed by atoms with Crippen LogP contribution in [-0.4, -0.2) is 12.5 Å². The van der Waals surface area contributed by atoms with Crippen molar-refractivity contribution in [2.75, 3.05) is 12.3 Å². The second-order valence-electron chi connectivity index (χ2n) is 4.93. The Morgan fingerprint density at radius 1 is 1.19 bits per heavy atom. The molecule has 0 aliphatic carbocycles. The molecule has 0 radical (unpaired) electrons. The van der Waals surface area contributed by atoms with Crippen molar-refractivity contribution in [1.29, 1.82) is 0 Å². The number of anilines is 1. The van der Waals surface area contributed by atoms with Crippen LogP contribution in [0.3, 0.4) is 0 Å². The van der Waals surface area contributed by atoms with Crippen molar-refractivity contribution in [1.82, 2.24) is 5.32 Å². The van der Waals surface area contributed by atoms with Crippen molar-refractivity contribution >= 4 is 11.6 Å². The highest BCUT2D eigenvalue weighted by atomic mass is 16.5. The molecule has 21 heavy (non-hydrogen) atoms. The van der Waals surface area contributed by atoms with Crippen molar-refractivity contribution in [2.45, 2.75) is 19.9 Å². The molecule has 110 valence electrons. The number of amides is 1. The molecule has 2 aromatic rings. The zero-order valence-electron chi connectivity index (χ0n) is 12.1. The number of hydrogen-bond donors (Lipinski definition) is 2. The van der Waals surface area contributed by atoms with Gasteiger partial charge in [-0.2, -0.15) is 0 Å². The van der Waals surface area contributed by atoms with Gasteiger partial charge in [-0.05, 0) is 42.3 Å². The quantitative estimate of drug-likeness (QED) is 0.802. The molecule has 0 aromatic heterocycles. The summed E-state index contributed by atoms with van der Waals surface area (Å²) in [6, 6.07) is 15.2. The molecule has 1 amide bonds. The number of hydrogen-bond acceptors (Lipinski definition) is 3. The molecule has 0 spiro atoms. The molecule has 0 bridgehead atoms. The van der Waals surface area contributed by atoms with Gasteiger partial charge >= 0.3 is 0 Å². The first kappa shape index (κ1) is 14.9. The van der Waals surface area contributed by atoms with E-state index in [4.69, 9.17) is 10.5 Å². The Bertz CT molecular complexity index is 594. The van der Waals surface area contributed by atoms with Crippen LogP contribution in [-0.2, 0) is 11.3 Å². The lowest BCUT2D eigenvalue weighted by Crippen LogP contribution is -2.24. The largest absolute Gasteiger partial charge is 0.493 e. The van der Waals surface area contributed by atoms with Gasteiger partial charge in [0.15, 0.2) is 0 Å². The predicted octanol–water partition coefficient (Wildman–Crippen LogP) is 2.66. The van der Waals surface area contributed by atoms with Crippen LogP contribution in [0.1, 0.15) is 17.5 Å². The van der Waals surface area contributed by atoms with Crippen LogP contribution in [0.4, 0.5) is 5.69 Å². The topological polar surface area (TPSA) is 64.3 Å². The van der Waals surface area contributed by atoms with Gasteiger partial charge in [0.25, 0.3) is 0 Å². The molecule has 2 aromatic carbocycles. The van der Waals surface area contributed by atoms with Crippen molar-refractivity contribution < 1.29 is 9.53 Å². The first-order valence-electron chi connectivity index (χ1n) is 6.94. The maximum atomic E-state index is 11.7. The molecule has 0 saturated carbocycles. The van der Waals surface area contributed by atoms with Crippen LogP contribution in [0.2, 0.25) is 0 Å². The van der Waals surface area contributed by atoms with E-state index in [2.05, 4.69) is 5.32 Å². The second-order valence-corrected chi connectivity index (χ2v) is 4.93. The Hall–Kier alpha value is -2.49. The number of benzene rings is 2. The van der Waals surface area contributed by atoms with Gasteiger partial charge in [0.05, 0.1) is 13.0 Å². The number of nitrogen functional groups attached to an aromatic ring is 1. The number of carbonyl (C=O) groups is 1. The number of rotatable bonds is 6. The standard InChI is InChI=1S/C17H20N2O2/c1-13-3-2-4-16(11-13)21-10-9-17(20)19-12-14-5-7-15(18)8-6-14/h2-8,11H,9-10,12,18H2,1H3,(H,19,20). The third kappa shape index (κ3) is 5.18. The van der Waals surface area contributed by atoms with Gasteiger partial charge in [0.1, 0.15) is 5.75 Å². The molecule has 0 aliphatic rings. The first-order valence-corrected chi connectivity index (χ1v) is 6.94. The fraction of sp³-hybridized carbons (Fsp3) is 0.235. The summed E-state index contributed by atoms with van der Waals surface area (Å²) in [5.41, 5.74) is 8.49. The third-order valence-electron chi connectivity index (χ3n) is 3.06. The van der Waals surface area contributed by atoms with E-state index in [1.54, 1.807) is 0 Å². The Balaban J connectivity index is 1.69. The maximum Gasteiger partial charge on any atom is 0.223 e. The molecule has 0 unspecified atom stereocenters. The summed E-state index contributed by atoms with van der Waals surface area (Å²) >= 11 is 0. The van der Waals surface area contributed by atoms with E-state index in [1.165, 1.54) is 0 Å². The average molecular weight is 284 g/mol. The van der Waals surface area contributed by atoms with Crippen molar-refractivity contribution in [3.63, 3.8) is 0 Å². The van der Waals surface area contributed by atoms with Crippen LogP contribution in [0.15, 0.2) is 48.5 Å². The Kier molecular flexibility index (Phi) is 5.21. The first-order chi connectivity index (χ1) is 10.1. The van der Waals surface area contributed by atoms with E-state index < -0.39 is 0 Å². The minimum atomic E-state index is -0.0283. The highest BCUT2D eigenvalue weighted by Gasteiger charge is 2.02. The zero-order valence-corrected chi connectivity index (χ0v) is 12.1. The summed E-state index contributed by atoms with van der Waals surface area (Å²) in [4.78, 5) is 11.7. The number of nitrogens with one attached hydrogen (secondary N) is 1. The Morgan fingerprint density at radius 3 is 2.67 bits per heavy atom. The highest BCUT2D eigenvalue weighted by Crippen LogP contribution is 2.12. The van der Waals surface area contributed by atoms with Gasteiger partial charge in [0.2, 0.25) is 5.91 Å². The minimum Gasteiger partial charge on any atom is -0.493 e. The van der Waals surface area contributed by atoms with E-state index in [9.17, 15) is 4.79 Å². The molecule has 2 rings (SSSR count). The Morgan fingerprint density at radius 2 is 1.95 bits per heavy atom. The summed E-state index contributed by atoms with van der Waals surface area (Å²) in [5.74, 6) is 0.765. The van der Waals surface area contributed by atoms with Gasteiger partial charge in [-0.1, -0.05) is 24.3 Å². The number of nitrogens with two attached hydrogens (primary N) is 1. The van der Waals surface area contributed by atoms with Gasteiger partial charge in [-0.25, -0.2) is 0 Å². The lowest BCUT2D eigenvalue weighted by atomic mass is 10.2. The average Bonchev–Trinajstić information content (AvgIpc) is 2.47. The third-order valence-corrected chi connectivity index (χ3v) is 3.06. The van der Waals surface area contributed by atoms with Crippen molar-refractivity contribution in [2.24, 2.45) is 0 Å². The van der Waals surface area contributed by atoms with Crippen LogP contribution < -0.4 is 15.8 Å². The van der Waals surface area contributed by atoms with Crippen molar-refractivity contribution in [3.05, 3.63) is 59.7 Å². The van der Waals surface area contributed by atoms with Gasteiger partial charge < -0.3 is 15.8 Å². The minimum absolute atomic E-state index is 0.0283. The summed E-state index contributed by atoms with van der Waals surface area (Å²) in [5, 5.41) is 2.86. The lowest BCUT2D eigenvalue weighted by Gasteiger charge is -2.08. The summed E-state index contributed by atoms with van der Waals surface area (Å²) in [7, 11) is 0. The number of carbonyl (C=O) groups excluding carboxylic acids is 1. The molecule has 3 N–H and O–H groups in total. The molecule has 0 heterocycles. The molecule has 0 saturated heterocycles. The molecule has 4 nitrogen and oxygen atoms in total. The van der Waals surface area contributed by atoms with E-state index in [1.807, 2.05) is 55.5 Å². The fourth-order valence-electron chi connectivity index (χ4n) is 1.89. The Labute approximate surface area is 124 Å². The van der Waals surface area contributed by atoms with E-state index in [0.717, 1.165) is 22.6 Å². The molecular weight excluding hydrogens is 264 g/mol. The normalized spacial score (nSPS) is 10.1. The molecule has 4 heteroatoms. The van der Waals surface area contributed by atoms with Gasteiger partial charge in [0, 0.05) is 12.2 Å². The molecule has 0 fully saturated rings. The fourth-order valence-corrected chi connectivity index (χ4v) is 1.89. The highest BCUT2D eigenvalue weighted by molar-refractivity contribution is 5.76. The predicted molar refractivity (Wildman–Crippen MR) is 84.0 cm³/mol. The van der Waals surface area contributed by atoms with Crippen LogP contribution in [0.5, 0.6) is 5.75 Å². The smallest absolute Gasteiger partial charge is 0.223 e. The molecular formula is C17H20N2O2. The van der Waals surface area contributed by atoms with Gasteiger partial charge in [-0.3, -0.25) is 4.79 Å². The van der Waals surface area contributed by atoms with E-state index in [-0.39, 0.29) is 5.91 Å². The van der Waals surface area contributed by atoms with Crippen LogP contribution in [0.25, 0.3) is 0 Å². The van der Waals surface area contributed by atoms with Crippen molar-refractivity contribution in [3.8, 4) is 5.75 Å². The van der Waals surface area contributed by atoms with Crippen LogP contribution >= 0.6 is 0 Å². The lowest BCUT2D eigenvalue weighted by molar-refractivity contribution is -0.121. The number of ether oxygens (including phenoxy) is 1. The number of aryl methyl sites for hydroxylation is 1. The second kappa shape index (κ2) is 7.33. The molecule has 0 atom stereocenters. The SMILES string of the molecule is Cc1cccc(OCCC(=O)NCc2ccc(N)cc2)c1. The maximum absolute atomic E-state index is 11.7. The molecule has 0 aliphatic heterocycles. The summed E-state index contributed by atoms with van der Waals surface area (Å²) in [6.45, 7) is 2.88. The summed E-state index contributed by atoms with van der Waals surface area (Å²) in [6.07, 6.45) is 0.336. The van der Waals surface area contributed by atoms with E-state index >= 15 is 0 Å². The summed E-state index contributed by atoms with van der Waals surface area (Å²) < 4.78 is 5.55. The van der Waals surface area contributed by atoms with Gasteiger partial charge in [-0.15, -0.1) is 0 Å². The monoisotopic (exact) mass is 284 g/mol.